The van der Waals surface area contributed by atoms with E-state index in [1.165, 1.54) is 0 Å². The van der Waals surface area contributed by atoms with Gasteiger partial charge in [0.2, 0.25) is 5.91 Å². The molecule has 1 aliphatic rings. The van der Waals surface area contributed by atoms with Crippen molar-refractivity contribution in [3.05, 3.63) is 111 Å². The van der Waals surface area contributed by atoms with Crippen LogP contribution in [0, 0.1) is 13.8 Å². The lowest BCUT2D eigenvalue weighted by Crippen LogP contribution is -2.33. The molecule has 6 nitrogen and oxygen atoms in total. The Morgan fingerprint density at radius 2 is 1.85 bits per heavy atom. The summed E-state index contributed by atoms with van der Waals surface area (Å²) in [6.45, 7) is 6.66. The standard InChI is InChI=1S/C31H31Cl2N5OS/c1-4-21-9-5-6-10-25(21)35-28(39)14-16-37-30(29(36-31(37)40)26-11-7-8-15-34-26)23-17-19(2)38(20(23)3)27-13-12-22(32)18-24(27)33/h5-13,15,17-18,29-30H,4,14,16H2,1-3H3,(H,35,39)(H,36,40)/t29-,30-/m0/s1. The van der Waals surface area contributed by atoms with E-state index < -0.39 is 0 Å². The van der Waals surface area contributed by atoms with Gasteiger partial charge in [0.05, 0.1) is 28.5 Å². The molecule has 5 rings (SSSR count). The average Bonchev–Trinajstić information content (AvgIpc) is 3.42. The minimum absolute atomic E-state index is 0.0536. The van der Waals surface area contributed by atoms with Crippen LogP contribution >= 0.6 is 35.4 Å². The Labute approximate surface area is 250 Å². The molecule has 2 aromatic carbocycles. The predicted octanol–water partition coefficient (Wildman–Crippen LogP) is 7.36. The fourth-order valence-corrected chi connectivity index (χ4v) is 6.32. The van der Waals surface area contributed by atoms with Gasteiger partial charge in [0.1, 0.15) is 0 Å². The molecule has 0 saturated carbocycles. The number of rotatable bonds is 8. The molecule has 1 amide bonds. The first kappa shape index (κ1) is 28.1. The Balaban J connectivity index is 1.48. The van der Waals surface area contributed by atoms with Crippen LogP contribution in [-0.2, 0) is 11.2 Å². The number of aromatic nitrogens is 2. The summed E-state index contributed by atoms with van der Waals surface area (Å²) in [7, 11) is 0. The van der Waals surface area contributed by atoms with Crippen molar-refractivity contribution < 1.29 is 4.79 Å². The van der Waals surface area contributed by atoms with Gasteiger partial charge in [-0.05, 0) is 86.1 Å². The maximum Gasteiger partial charge on any atom is 0.226 e. The van der Waals surface area contributed by atoms with E-state index in [0.717, 1.165) is 46.0 Å². The Bertz CT molecular complexity index is 1550. The third-order valence-electron chi connectivity index (χ3n) is 7.39. The van der Waals surface area contributed by atoms with Crippen molar-refractivity contribution in [1.82, 2.24) is 19.8 Å². The van der Waals surface area contributed by atoms with E-state index in [9.17, 15) is 4.79 Å². The molecule has 3 heterocycles. The number of aryl methyl sites for hydroxylation is 2. The number of anilines is 1. The summed E-state index contributed by atoms with van der Waals surface area (Å²) < 4.78 is 2.14. The summed E-state index contributed by atoms with van der Waals surface area (Å²) in [6, 6.07) is 21.1. The first-order chi connectivity index (χ1) is 19.3. The van der Waals surface area contributed by atoms with E-state index in [-0.39, 0.29) is 24.4 Å². The van der Waals surface area contributed by atoms with Crippen LogP contribution in [0.25, 0.3) is 5.69 Å². The predicted molar refractivity (Wildman–Crippen MR) is 166 cm³/mol. The van der Waals surface area contributed by atoms with Crippen LogP contribution < -0.4 is 10.6 Å². The minimum Gasteiger partial charge on any atom is -0.352 e. The lowest BCUT2D eigenvalue weighted by Gasteiger charge is -2.28. The largest absolute Gasteiger partial charge is 0.352 e. The van der Waals surface area contributed by atoms with Gasteiger partial charge in [-0.1, -0.05) is 54.4 Å². The van der Waals surface area contributed by atoms with Crippen LogP contribution in [0.4, 0.5) is 5.69 Å². The van der Waals surface area contributed by atoms with E-state index >= 15 is 0 Å². The third kappa shape index (κ3) is 5.59. The smallest absolute Gasteiger partial charge is 0.226 e. The molecule has 0 unspecified atom stereocenters. The van der Waals surface area contributed by atoms with Crippen LogP contribution in [0.15, 0.2) is 72.9 Å². The van der Waals surface area contributed by atoms with Crippen LogP contribution in [-0.4, -0.2) is 32.0 Å². The summed E-state index contributed by atoms with van der Waals surface area (Å²) in [5.74, 6) is -0.0536. The molecule has 1 aliphatic heterocycles. The second-order valence-corrected chi connectivity index (χ2v) is 11.1. The van der Waals surface area contributed by atoms with Crippen molar-refractivity contribution in [3.63, 3.8) is 0 Å². The van der Waals surface area contributed by atoms with Crippen molar-refractivity contribution in [1.29, 1.82) is 0 Å². The molecule has 2 N–H and O–H groups in total. The molecule has 1 saturated heterocycles. The molecule has 0 bridgehead atoms. The van der Waals surface area contributed by atoms with Crippen LogP contribution in [0.2, 0.25) is 10.0 Å². The van der Waals surface area contributed by atoms with Gasteiger partial charge < -0.3 is 20.1 Å². The highest BCUT2D eigenvalue weighted by atomic mass is 35.5. The highest BCUT2D eigenvalue weighted by Gasteiger charge is 2.41. The number of amides is 1. The molecule has 2 aromatic heterocycles. The number of thiocarbonyl (C=S) groups is 1. The van der Waals surface area contributed by atoms with E-state index in [1.54, 1.807) is 12.3 Å². The first-order valence-corrected chi connectivity index (χ1v) is 14.4. The summed E-state index contributed by atoms with van der Waals surface area (Å²) in [5, 5.41) is 8.32. The second kappa shape index (κ2) is 12.0. The molecule has 0 radical (unpaired) electrons. The van der Waals surface area contributed by atoms with Gasteiger partial charge in [0.15, 0.2) is 5.11 Å². The molecule has 0 aliphatic carbocycles. The van der Waals surface area contributed by atoms with Crippen LogP contribution in [0.5, 0.6) is 0 Å². The highest BCUT2D eigenvalue weighted by Crippen LogP contribution is 2.42. The van der Waals surface area contributed by atoms with Crippen LogP contribution in [0.1, 0.15) is 53.6 Å². The summed E-state index contributed by atoms with van der Waals surface area (Å²) in [4.78, 5) is 19.8. The quantitative estimate of drug-likeness (QED) is 0.210. The summed E-state index contributed by atoms with van der Waals surface area (Å²) >= 11 is 18.6. The zero-order chi connectivity index (χ0) is 28.4. The van der Waals surface area contributed by atoms with Gasteiger partial charge in [-0.25, -0.2) is 0 Å². The number of para-hydroxylation sites is 1. The normalized spacial score (nSPS) is 16.7. The summed E-state index contributed by atoms with van der Waals surface area (Å²) in [5.41, 5.74) is 6.85. The van der Waals surface area contributed by atoms with E-state index in [2.05, 4.69) is 51.9 Å². The van der Waals surface area contributed by atoms with Gasteiger partial charge in [0, 0.05) is 41.3 Å². The maximum absolute atomic E-state index is 13.1. The van der Waals surface area contributed by atoms with Crippen LogP contribution in [0.3, 0.4) is 0 Å². The molecule has 0 spiro atoms. The topological polar surface area (TPSA) is 62.2 Å². The zero-order valence-electron chi connectivity index (χ0n) is 22.6. The fraction of sp³-hybridized carbons (Fsp3) is 0.258. The van der Waals surface area contributed by atoms with Crippen molar-refractivity contribution >= 4 is 52.1 Å². The number of hydrogen-bond donors (Lipinski definition) is 2. The Kier molecular flexibility index (Phi) is 8.45. The number of benzene rings is 2. The Morgan fingerprint density at radius 1 is 1.07 bits per heavy atom. The zero-order valence-corrected chi connectivity index (χ0v) is 24.9. The average molecular weight is 593 g/mol. The van der Waals surface area contributed by atoms with E-state index in [1.807, 2.05) is 54.6 Å². The number of carbonyl (C=O) groups is 1. The molecule has 1 fully saturated rings. The molecule has 2 atom stereocenters. The van der Waals surface area contributed by atoms with Crippen molar-refractivity contribution in [2.24, 2.45) is 0 Å². The van der Waals surface area contributed by atoms with Gasteiger partial charge in [0.25, 0.3) is 0 Å². The molecule has 40 heavy (non-hydrogen) atoms. The number of pyridine rings is 1. The lowest BCUT2D eigenvalue weighted by atomic mass is 9.96. The molecule has 4 aromatic rings. The van der Waals surface area contributed by atoms with Gasteiger partial charge in [-0.2, -0.15) is 0 Å². The third-order valence-corrected chi connectivity index (χ3v) is 8.28. The maximum atomic E-state index is 13.1. The van der Waals surface area contributed by atoms with Gasteiger partial charge in [-0.15, -0.1) is 0 Å². The highest BCUT2D eigenvalue weighted by molar-refractivity contribution is 7.80. The first-order valence-electron chi connectivity index (χ1n) is 13.3. The van der Waals surface area contributed by atoms with Crippen molar-refractivity contribution in [3.8, 4) is 5.69 Å². The minimum atomic E-state index is -0.188. The molecular formula is C31H31Cl2N5OS. The van der Waals surface area contributed by atoms with E-state index in [0.29, 0.717) is 21.7 Å². The fourth-order valence-electron chi connectivity index (χ4n) is 5.49. The van der Waals surface area contributed by atoms with Crippen molar-refractivity contribution in [2.75, 3.05) is 11.9 Å². The molecule has 9 heteroatoms. The summed E-state index contributed by atoms with van der Waals surface area (Å²) in [6.07, 6.45) is 2.92. The number of nitrogens with one attached hydrogen (secondary N) is 2. The number of nitrogens with zero attached hydrogens (tertiary/aromatic N) is 3. The Morgan fingerprint density at radius 3 is 2.58 bits per heavy atom. The number of carbonyl (C=O) groups excluding carboxylic acids is 1. The number of hydrogen-bond acceptors (Lipinski definition) is 3. The molecular weight excluding hydrogens is 561 g/mol. The lowest BCUT2D eigenvalue weighted by molar-refractivity contribution is -0.116. The molecule has 206 valence electrons. The van der Waals surface area contributed by atoms with Crippen molar-refractivity contribution in [2.45, 2.75) is 45.7 Å². The van der Waals surface area contributed by atoms with E-state index in [4.69, 9.17) is 35.4 Å². The second-order valence-electron chi connectivity index (χ2n) is 9.89. The SMILES string of the molecule is CCc1ccccc1NC(=O)CCN1C(=S)N[C@@H](c2ccccn2)[C@@H]1c1cc(C)n(-c2ccc(Cl)cc2Cl)c1C. The van der Waals surface area contributed by atoms with Gasteiger partial charge in [-0.3, -0.25) is 9.78 Å². The monoisotopic (exact) mass is 591 g/mol. The Hall–Kier alpha value is -3.39. The van der Waals surface area contributed by atoms with Gasteiger partial charge >= 0.3 is 0 Å². The number of halogens is 2.